The van der Waals surface area contributed by atoms with Crippen molar-refractivity contribution in [1.29, 1.82) is 0 Å². The Bertz CT molecular complexity index is 3590. The fourth-order valence-electron chi connectivity index (χ4n) is 9.46. The van der Waals surface area contributed by atoms with Crippen molar-refractivity contribution in [2.45, 2.75) is 0 Å². The molecule has 0 N–H and O–H groups in total. The van der Waals surface area contributed by atoms with Crippen LogP contribution in [-0.2, 0) is 0 Å². The lowest BCUT2D eigenvalue weighted by molar-refractivity contribution is 0.669. The topological polar surface area (TPSA) is 16.4 Å². The van der Waals surface area contributed by atoms with Gasteiger partial charge in [0.05, 0.1) is 5.69 Å². The van der Waals surface area contributed by atoms with Crippen LogP contribution in [0.2, 0.25) is 0 Å². The van der Waals surface area contributed by atoms with Gasteiger partial charge in [0.15, 0.2) is 5.58 Å². The zero-order chi connectivity index (χ0) is 39.6. The average Bonchev–Trinajstić information content (AvgIpc) is 3.71. The first-order valence-corrected chi connectivity index (χ1v) is 20.6. The number of benzene rings is 11. The number of nitrogens with zero attached hydrogens (tertiary/aromatic N) is 1. The van der Waals surface area contributed by atoms with Gasteiger partial charge in [-0.2, -0.15) is 0 Å². The largest absolute Gasteiger partial charge is 0.454 e. The number of anilines is 3. The van der Waals surface area contributed by atoms with E-state index in [0.717, 1.165) is 39.0 Å². The summed E-state index contributed by atoms with van der Waals surface area (Å²) < 4.78 is 6.75. The number of furan rings is 1. The summed E-state index contributed by atoms with van der Waals surface area (Å²) in [4.78, 5) is 2.37. The summed E-state index contributed by atoms with van der Waals surface area (Å²) in [7, 11) is 0. The maximum atomic E-state index is 6.75. The molecule has 11 aromatic carbocycles. The molecule has 1 heterocycles. The Kier molecular flexibility index (Phi) is 7.89. The number of rotatable bonds is 6. The molecule has 12 aromatic rings. The molecule has 0 radical (unpaired) electrons. The molecule has 0 aliphatic rings. The zero-order valence-corrected chi connectivity index (χ0v) is 32.7. The predicted molar refractivity (Wildman–Crippen MR) is 255 cm³/mol. The van der Waals surface area contributed by atoms with Crippen molar-refractivity contribution >= 4 is 82.1 Å². The summed E-state index contributed by atoms with van der Waals surface area (Å²) in [6.07, 6.45) is 0. The number of hydrogen-bond acceptors (Lipinski definition) is 2. The van der Waals surface area contributed by atoms with Crippen LogP contribution in [0.25, 0.3) is 98.4 Å². The molecule has 1 aromatic heterocycles. The summed E-state index contributed by atoms with van der Waals surface area (Å²) in [5.41, 5.74) is 12.0. The van der Waals surface area contributed by atoms with Crippen molar-refractivity contribution in [1.82, 2.24) is 0 Å². The first kappa shape index (κ1) is 34.1. The Balaban J connectivity index is 1.09. The Hall–Kier alpha value is -7.94. The highest BCUT2D eigenvalue weighted by Gasteiger charge is 2.23. The smallest absolute Gasteiger partial charge is 0.159 e. The van der Waals surface area contributed by atoms with Gasteiger partial charge in [-0.05, 0) is 119 Å². The fraction of sp³-hybridized carbons (Fsp3) is 0. The number of hydrogen-bond donors (Lipinski definition) is 0. The van der Waals surface area contributed by atoms with Gasteiger partial charge in [-0.3, -0.25) is 0 Å². The van der Waals surface area contributed by atoms with Crippen molar-refractivity contribution < 1.29 is 4.42 Å². The van der Waals surface area contributed by atoms with Crippen LogP contribution in [0.3, 0.4) is 0 Å². The molecular formula is C58H37NO. The average molecular weight is 764 g/mol. The van der Waals surface area contributed by atoms with Crippen LogP contribution in [0, 0.1) is 0 Å². The van der Waals surface area contributed by atoms with E-state index in [9.17, 15) is 0 Å². The number of fused-ring (bicyclic) bond motifs is 9. The Morgan fingerprint density at radius 1 is 0.283 bits per heavy atom. The van der Waals surface area contributed by atoms with Gasteiger partial charge in [0, 0.05) is 22.1 Å². The Labute approximate surface area is 347 Å². The maximum absolute atomic E-state index is 6.75. The summed E-state index contributed by atoms with van der Waals surface area (Å²) in [6, 6.07) is 81.2. The molecule has 0 fully saturated rings. The second-order valence-corrected chi connectivity index (χ2v) is 15.6. The quantitative estimate of drug-likeness (QED) is 0.157. The van der Waals surface area contributed by atoms with E-state index in [1.54, 1.807) is 0 Å². The highest BCUT2D eigenvalue weighted by molar-refractivity contribution is 6.22. The third-order valence-electron chi connectivity index (χ3n) is 12.2. The lowest BCUT2D eigenvalue weighted by Gasteiger charge is -2.27. The first-order valence-electron chi connectivity index (χ1n) is 20.6. The summed E-state index contributed by atoms with van der Waals surface area (Å²) >= 11 is 0. The van der Waals surface area contributed by atoms with E-state index in [2.05, 4.69) is 223 Å². The third kappa shape index (κ3) is 5.50. The second kappa shape index (κ2) is 13.9. The standard InChI is InChI=1S/C58H37NO/c1-3-15-40(16-4-1)56-51-22-10-9-20-48(51)49-35-33-45(37-53(49)57(56)41-17-5-2-6-18-41)59(54-24-13-23-52-50-21-11-12-25-55(50)60-58(52)54)44-31-28-38(29-32-44)42-30-34-47-43(36-42)27-26-39-14-7-8-19-46(39)47/h1-37H. The van der Waals surface area contributed by atoms with Crippen molar-refractivity contribution in [3.63, 3.8) is 0 Å². The van der Waals surface area contributed by atoms with E-state index in [4.69, 9.17) is 4.42 Å². The predicted octanol–water partition coefficient (Wildman–Crippen LogP) is 16.7. The molecule has 0 unspecified atom stereocenters. The van der Waals surface area contributed by atoms with Gasteiger partial charge in [-0.25, -0.2) is 0 Å². The molecule has 12 rings (SSSR count). The fourth-order valence-corrected chi connectivity index (χ4v) is 9.46. The van der Waals surface area contributed by atoms with Crippen molar-refractivity contribution in [3.05, 3.63) is 224 Å². The zero-order valence-electron chi connectivity index (χ0n) is 32.7. The lowest BCUT2D eigenvalue weighted by atomic mass is 9.85. The molecule has 2 nitrogen and oxygen atoms in total. The van der Waals surface area contributed by atoms with Gasteiger partial charge in [-0.15, -0.1) is 0 Å². The minimum Gasteiger partial charge on any atom is -0.454 e. The Morgan fingerprint density at radius 3 is 1.62 bits per heavy atom. The SMILES string of the molecule is c1ccc(-c2c(-c3ccccc3)c3cc(N(c4ccc(-c5ccc6c(ccc7ccccc76)c5)cc4)c4cccc5c4oc4ccccc45)ccc3c3ccccc23)cc1. The van der Waals surface area contributed by atoms with Gasteiger partial charge in [0.25, 0.3) is 0 Å². The molecule has 0 spiro atoms. The van der Waals surface area contributed by atoms with Crippen LogP contribution in [0.15, 0.2) is 229 Å². The van der Waals surface area contributed by atoms with Crippen molar-refractivity contribution in [2.24, 2.45) is 0 Å². The Morgan fingerprint density at radius 2 is 0.833 bits per heavy atom. The van der Waals surface area contributed by atoms with Gasteiger partial charge in [0.2, 0.25) is 0 Å². The van der Waals surface area contributed by atoms with Gasteiger partial charge >= 0.3 is 0 Å². The molecule has 0 saturated heterocycles. The van der Waals surface area contributed by atoms with Crippen molar-refractivity contribution in [2.75, 3.05) is 4.90 Å². The minimum absolute atomic E-state index is 0.858. The van der Waals surface area contributed by atoms with Gasteiger partial charge in [0.1, 0.15) is 5.58 Å². The molecule has 0 amide bonds. The third-order valence-corrected chi connectivity index (χ3v) is 12.2. The van der Waals surface area contributed by atoms with E-state index < -0.39 is 0 Å². The summed E-state index contributed by atoms with van der Waals surface area (Å²) in [5, 5.41) is 12.1. The maximum Gasteiger partial charge on any atom is 0.159 e. The van der Waals surface area contributed by atoms with E-state index in [1.165, 1.54) is 76.5 Å². The molecule has 0 bridgehead atoms. The minimum atomic E-state index is 0.858. The molecule has 280 valence electrons. The van der Waals surface area contributed by atoms with Crippen LogP contribution in [-0.4, -0.2) is 0 Å². The van der Waals surface area contributed by atoms with Crippen LogP contribution in [0.1, 0.15) is 0 Å². The molecule has 0 saturated carbocycles. The van der Waals surface area contributed by atoms with E-state index in [1.807, 2.05) is 6.07 Å². The van der Waals surface area contributed by atoms with Crippen LogP contribution in [0.5, 0.6) is 0 Å². The molecule has 0 aliphatic carbocycles. The molecule has 60 heavy (non-hydrogen) atoms. The van der Waals surface area contributed by atoms with E-state index in [0.29, 0.717) is 0 Å². The van der Waals surface area contributed by atoms with Gasteiger partial charge in [-0.1, -0.05) is 182 Å². The van der Waals surface area contributed by atoms with Gasteiger partial charge < -0.3 is 9.32 Å². The summed E-state index contributed by atoms with van der Waals surface area (Å²) in [5.74, 6) is 0. The lowest BCUT2D eigenvalue weighted by Crippen LogP contribution is -2.10. The highest BCUT2D eigenvalue weighted by Crippen LogP contribution is 2.48. The van der Waals surface area contributed by atoms with Crippen LogP contribution >= 0.6 is 0 Å². The van der Waals surface area contributed by atoms with Crippen LogP contribution < -0.4 is 4.90 Å². The second-order valence-electron chi connectivity index (χ2n) is 15.6. The molecule has 0 aliphatic heterocycles. The highest BCUT2D eigenvalue weighted by atomic mass is 16.3. The van der Waals surface area contributed by atoms with E-state index in [-0.39, 0.29) is 0 Å². The molecular weight excluding hydrogens is 727 g/mol. The van der Waals surface area contributed by atoms with E-state index >= 15 is 0 Å². The normalized spacial score (nSPS) is 11.7. The van der Waals surface area contributed by atoms with Crippen LogP contribution in [0.4, 0.5) is 17.1 Å². The first-order chi connectivity index (χ1) is 29.8. The number of para-hydroxylation sites is 2. The molecule has 0 atom stereocenters. The van der Waals surface area contributed by atoms with Crippen molar-refractivity contribution in [3.8, 4) is 33.4 Å². The monoisotopic (exact) mass is 763 g/mol. The summed E-state index contributed by atoms with van der Waals surface area (Å²) in [6.45, 7) is 0. The molecule has 2 heteroatoms.